The average Bonchev–Trinajstić information content (AvgIpc) is 2.53. The van der Waals surface area contributed by atoms with Crippen LogP contribution in [0.1, 0.15) is 25.7 Å². The SMILES string of the molecule is CNC1CCC(N(C)c2ccnc3cc(Cl)ccc23)CC1. The molecule has 0 unspecified atom stereocenters. The van der Waals surface area contributed by atoms with Crippen LogP contribution in [-0.4, -0.2) is 31.2 Å². The van der Waals surface area contributed by atoms with Gasteiger partial charge in [0.15, 0.2) is 0 Å². The quantitative estimate of drug-likeness (QED) is 0.933. The van der Waals surface area contributed by atoms with E-state index in [0.717, 1.165) is 10.5 Å². The fourth-order valence-electron chi connectivity index (χ4n) is 3.36. The van der Waals surface area contributed by atoms with Crippen LogP contribution >= 0.6 is 11.6 Å². The molecule has 0 aliphatic heterocycles. The Morgan fingerprint density at radius 1 is 1.19 bits per heavy atom. The number of nitrogens with one attached hydrogen (secondary N) is 1. The third kappa shape index (κ3) is 2.99. The van der Waals surface area contributed by atoms with Crippen molar-refractivity contribution in [2.45, 2.75) is 37.8 Å². The highest BCUT2D eigenvalue weighted by atomic mass is 35.5. The summed E-state index contributed by atoms with van der Waals surface area (Å²) in [6, 6.07) is 9.36. The van der Waals surface area contributed by atoms with Crippen LogP contribution in [0.2, 0.25) is 5.02 Å². The van der Waals surface area contributed by atoms with Gasteiger partial charge in [-0.2, -0.15) is 0 Å². The lowest BCUT2D eigenvalue weighted by Crippen LogP contribution is -2.39. The lowest BCUT2D eigenvalue weighted by molar-refractivity contribution is 0.351. The van der Waals surface area contributed by atoms with E-state index in [9.17, 15) is 0 Å². The molecular formula is C17H22ClN3. The summed E-state index contributed by atoms with van der Waals surface area (Å²) in [6.45, 7) is 0. The molecule has 21 heavy (non-hydrogen) atoms. The van der Waals surface area contributed by atoms with E-state index in [-0.39, 0.29) is 0 Å². The average molecular weight is 304 g/mol. The summed E-state index contributed by atoms with van der Waals surface area (Å²) < 4.78 is 0. The van der Waals surface area contributed by atoms with E-state index >= 15 is 0 Å². The molecule has 3 rings (SSSR count). The molecule has 0 saturated heterocycles. The smallest absolute Gasteiger partial charge is 0.0737 e. The van der Waals surface area contributed by atoms with Gasteiger partial charge in [0.05, 0.1) is 5.52 Å². The molecule has 1 aromatic carbocycles. The zero-order valence-electron chi connectivity index (χ0n) is 12.6. The third-order valence-electron chi connectivity index (χ3n) is 4.71. The van der Waals surface area contributed by atoms with Crippen molar-refractivity contribution in [3.05, 3.63) is 35.5 Å². The minimum atomic E-state index is 0.607. The van der Waals surface area contributed by atoms with Crippen LogP contribution in [0.3, 0.4) is 0 Å². The Morgan fingerprint density at radius 3 is 2.67 bits per heavy atom. The predicted molar refractivity (Wildman–Crippen MR) is 90.3 cm³/mol. The van der Waals surface area contributed by atoms with Gasteiger partial charge < -0.3 is 10.2 Å². The van der Waals surface area contributed by atoms with Crippen LogP contribution in [0.15, 0.2) is 30.5 Å². The fourth-order valence-corrected chi connectivity index (χ4v) is 3.53. The number of hydrogen-bond acceptors (Lipinski definition) is 3. The van der Waals surface area contributed by atoms with E-state index in [0.29, 0.717) is 12.1 Å². The molecule has 1 aliphatic carbocycles. The highest BCUT2D eigenvalue weighted by Crippen LogP contribution is 2.31. The van der Waals surface area contributed by atoms with Crippen LogP contribution in [-0.2, 0) is 0 Å². The van der Waals surface area contributed by atoms with E-state index in [2.05, 4.69) is 41.4 Å². The normalized spacial score (nSPS) is 22.4. The predicted octanol–water partition coefficient (Wildman–Crippen LogP) is 3.86. The molecule has 1 fully saturated rings. The van der Waals surface area contributed by atoms with Crippen LogP contribution in [0, 0.1) is 0 Å². The van der Waals surface area contributed by atoms with Crippen molar-refractivity contribution in [1.29, 1.82) is 0 Å². The monoisotopic (exact) mass is 303 g/mol. The van der Waals surface area contributed by atoms with Gasteiger partial charge >= 0.3 is 0 Å². The van der Waals surface area contributed by atoms with Gasteiger partial charge in [0.1, 0.15) is 0 Å². The first kappa shape index (κ1) is 14.6. The first-order chi connectivity index (χ1) is 10.2. The standard InChI is InChI=1S/C17H22ClN3/c1-19-13-4-6-14(7-5-13)21(2)17-9-10-20-16-11-12(18)3-8-15(16)17/h3,8-11,13-14,19H,4-7H2,1-2H3. The molecule has 1 N–H and O–H groups in total. The van der Waals surface area contributed by atoms with Crippen LogP contribution in [0.5, 0.6) is 0 Å². The van der Waals surface area contributed by atoms with E-state index in [1.165, 1.54) is 36.8 Å². The maximum Gasteiger partial charge on any atom is 0.0737 e. The largest absolute Gasteiger partial charge is 0.371 e. The summed E-state index contributed by atoms with van der Waals surface area (Å²) in [4.78, 5) is 6.85. The Labute approximate surface area is 131 Å². The molecule has 1 aromatic heterocycles. The Morgan fingerprint density at radius 2 is 1.95 bits per heavy atom. The number of rotatable bonds is 3. The highest BCUT2D eigenvalue weighted by molar-refractivity contribution is 6.31. The van der Waals surface area contributed by atoms with Crippen LogP contribution in [0.25, 0.3) is 10.9 Å². The van der Waals surface area contributed by atoms with E-state index < -0.39 is 0 Å². The second-order valence-electron chi connectivity index (χ2n) is 5.90. The van der Waals surface area contributed by atoms with Gasteiger partial charge in [0.2, 0.25) is 0 Å². The number of aromatic nitrogens is 1. The van der Waals surface area contributed by atoms with Crippen molar-refractivity contribution in [3.8, 4) is 0 Å². The molecule has 112 valence electrons. The first-order valence-electron chi connectivity index (χ1n) is 7.63. The van der Waals surface area contributed by atoms with E-state index in [1.54, 1.807) is 0 Å². The second kappa shape index (κ2) is 6.20. The van der Waals surface area contributed by atoms with Crippen molar-refractivity contribution < 1.29 is 0 Å². The molecule has 0 bridgehead atoms. The van der Waals surface area contributed by atoms with E-state index in [4.69, 9.17) is 11.6 Å². The second-order valence-corrected chi connectivity index (χ2v) is 6.33. The number of fused-ring (bicyclic) bond motifs is 1. The number of nitrogens with zero attached hydrogens (tertiary/aromatic N) is 2. The lowest BCUT2D eigenvalue weighted by Gasteiger charge is -2.36. The number of anilines is 1. The van der Waals surface area contributed by atoms with Gasteiger partial charge in [-0.05, 0) is 57.0 Å². The molecule has 0 amide bonds. The third-order valence-corrected chi connectivity index (χ3v) is 4.95. The van der Waals surface area contributed by atoms with Crippen molar-refractivity contribution >= 4 is 28.2 Å². The molecule has 1 saturated carbocycles. The van der Waals surface area contributed by atoms with E-state index in [1.807, 2.05) is 18.3 Å². The Kier molecular flexibility index (Phi) is 4.32. The summed E-state index contributed by atoms with van der Waals surface area (Å²) >= 11 is 6.07. The number of hydrogen-bond donors (Lipinski definition) is 1. The minimum absolute atomic E-state index is 0.607. The van der Waals surface area contributed by atoms with Gasteiger partial charge in [-0.3, -0.25) is 4.98 Å². The van der Waals surface area contributed by atoms with Gasteiger partial charge in [0.25, 0.3) is 0 Å². The van der Waals surface area contributed by atoms with Gasteiger partial charge in [-0.1, -0.05) is 11.6 Å². The summed E-state index contributed by atoms with van der Waals surface area (Å²) in [5, 5.41) is 5.32. The first-order valence-corrected chi connectivity index (χ1v) is 8.01. The molecule has 3 nitrogen and oxygen atoms in total. The van der Waals surface area contributed by atoms with Crippen molar-refractivity contribution in [3.63, 3.8) is 0 Å². The number of halogens is 1. The van der Waals surface area contributed by atoms with Gasteiger partial charge in [0, 0.05) is 41.4 Å². The summed E-state index contributed by atoms with van der Waals surface area (Å²) in [5.41, 5.74) is 2.22. The van der Waals surface area contributed by atoms with Crippen LogP contribution in [0.4, 0.5) is 5.69 Å². The maximum atomic E-state index is 6.07. The molecule has 0 atom stereocenters. The topological polar surface area (TPSA) is 28.2 Å². The summed E-state index contributed by atoms with van der Waals surface area (Å²) in [7, 11) is 4.27. The number of benzene rings is 1. The molecule has 0 spiro atoms. The zero-order valence-corrected chi connectivity index (χ0v) is 13.4. The molecule has 2 aromatic rings. The molecule has 1 aliphatic rings. The molecule has 0 radical (unpaired) electrons. The zero-order chi connectivity index (χ0) is 14.8. The number of pyridine rings is 1. The van der Waals surface area contributed by atoms with Gasteiger partial charge in [-0.25, -0.2) is 0 Å². The van der Waals surface area contributed by atoms with Crippen molar-refractivity contribution in [2.75, 3.05) is 19.0 Å². The molecular weight excluding hydrogens is 282 g/mol. The molecule has 1 heterocycles. The fraction of sp³-hybridized carbons (Fsp3) is 0.471. The summed E-state index contributed by atoms with van der Waals surface area (Å²) in [5.74, 6) is 0. The Bertz CT molecular complexity index is 620. The van der Waals surface area contributed by atoms with Crippen LogP contribution < -0.4 is 10.2 Å². The maximum absolute atomic E-state index is 6.07. The molecule has 4 heteroatoms. The summed E-state index contributed by atoms with van der Waals surface area (Å²) in [6.07, 6.45) is 6.85. The highest BCUT2D eigenvalue weighted by Gasteiger charge is 2.24. The minimum Gasteiger partial charge on any atom is -0.371 e. The van der Waals surface area contributed by atoms with Crippen molar-refractivity contribution in [2.24, 2.45) is 0 Å². The van der Waals surface area contributed by atoms with Gasteiger partial charge in [-0.15, -0.1) is 0 Å². The Hall–Kier alpha value is -1.32. The van der Waals surface area contributed by atoms with Crippen molar-refractivity contribution in [1.82, 2.24) is 10.3 Å². The lowest BCUT2D eigenvalue weighted by atomic mass is 9.90. The Balaban J connectivity index is 1.86.